The van der Waals surface area contributed by atoms with E-state index in [9.17, 15) is 4.79 Å². The van der Waals surface area contributed by atoms with Crippen LogP contribution in [0.25, 0.3) is 5.52 Å². The molecule has 8 nitrogen and oxygen atoms in total. The molecule has 0 radical (unpaired) electrons. The minimum absolute atomic E-state index is 0. The van der Waals surface area contributed by atoms with Crippen molar-refractivity contribution in [2.24, 2.45) is 0 Å². The third-order valence-electron chi connectivity index (χ3n) is 4.48. The van der Waals surface area contributed by atoms with Crippen molar-refractivity contribution in [3.05, 3.63) is 74.2 Å². The van der Waals surface area contributed by atoms with E-state index in [-0.39, 0.29) is 76.0 Å². The predicted molar refractivity (Wildman–Crippen MR) is 115 cm³/mol. The maximum Gasteiger partial charge on any atom is 1.00 e. The number of carbonyl (C=O) groups excluding carboxylic acids is 1. The van der Waals surface area contributed by atoms with Gasteiger partial charge in [-0.3, -0.25) is 11.8 Å². The van der Waals surface area contributed by atoms with Crippen LogP contribution in [-0.2, 0) is 5.41 Å². The van der Waals surface area contributed by atoms with Gasteiger partial charge in [-0.1, -0.05) is 26.8 Å². The second-order valence-electron chi connectivity index (χ2n) is 7.81. The Morgan fingerprint density at radius 1 is 1.26 bits per heavy atom. The number of amides is 1. The van der Waals surface area contributed by atoms with Crippen molar-refractivity contribution in [1.82, 2.24) is 30.0 Å². The van der Waals surface area contributed by atoms with Gasteiger partial charge in [-0.05, 0) is 31.5 Å². The Bertz CT molecular complexity index is 1020. The zero-order valence-corrected chi connectivity index (χ0v) is 22.4. The van der Waals surface area contributed by atoms with Gasteiger partial charge in [0.05, 0.1) is 5.52 Å². The fourth-order valence-corrected chi connectivity index (χ4v) is 2.77. The largest absolute Gasteiger partial charge is 1.00 e. The van der Waals surface area contributed by atoms with E-state index >= 15 is 0 Å². The minimum atomic E-state index is -0.259. The maximum absolute atomic E-state index is 12.2. The number of aromatic nitrogens is 4. The summed E-state index contributed by atoms with van der Waals surface area (Å²) in [5.41, 5.74) is 2.98. The molecule has 3 aromatic heterocycles. The van der Waals surface area contributed by atoms with Gasteiger partial charge >= 0.3 is 63.2 Å². The summed E-state index contributed by atoms with van der Waals surface area (Å²) in [6, 6.07) is 8.11. The van der Waals surface area contributed by atoms with Crippen molar-refractivity contribution in [3.8, 4) is 0 Å². The molecule has 0 saturated carbocycles. The van der Waals surface area contributed by atoms with E-state index in [0.717, 1.165) is 11.2 Å². The molecule has 0 bridgehead atoms. The van der Waals surface area contributed by atoms with Gasteiger partial charge in [0.2, 0.25) is 5.89 Å². The summed E-state index contributed by atoms with van der Waals surface area (Å²) in [5, 5.41) is 14.7. The van der Waals surface area contributed by atoms with Crippen LogP contribution in [-0.4, -0.2) is 43.7 Å². The normalized spacial score (nSPS) is 13.3. The molecule has 3 aromatic rings. The quantitative estimate of drug-likeness (QED) is 0.450. The summed E-state index contributed by atoms with van der Waals surface area (Å²) in [4.78, 5) is 13.8. The molecular formula is C22H29KN6O2-2. The zero-order chi connectivity index (χ0) is 21.0. The maximum atomic E-state index is 12.2. The number of hydrogen-bond donors (Lipinski definition) is 1. The number of fused-ring (bicyclic) bond motifs is 1. The van der Waals surface area contributed by atoms with E-state index in [1.807, 2.05) is 62.7 Å². The molecule has 0 aromatic carbocycles. The van der Waals surface area contributed by atoms with Crippen LogP contribution in [0.5, 0.6) is 0 Å². The van der Waals surface area contributed by atoms with Gasteiger partial charge in [0.1, 0.15) is 0 Å². The van der Waals surface area contributed by atoms with Gasteiger partial charge in [0.25, 0.3) is 0 Å². The molecular weight excluding hydrogens is 419 g/mol. The number of nitrogens with zero attached hydrogens (tertiary/aromatic N) is 5. The molecule has 1 N–H and O–H groups in total. The first-order valence-corrected chi connectivity index (χ1v) is 9.45. The Hall–Kier alpha value is -1.52. The predicted octanol–water partition coefficient (Wildman–Crippen LogP) is 0.378. The zero-order valence-electron chi connectivity index (χ0n) is 19.3. The van der Waals surface area contributed by atoms with Crippen molar-refractivity contribution < 1.29 is 60.6 Å². The van der Waals surface area contributed by atoms with Crippen molar-refractivity contribution in [3.63, 3.8) is 0 Å². The Labute approximate surface area is 226 Å². The molecule has 31 heavy (non-hydrogen) atoms. The van der Waals surface area contributed by atoms with Crippen LogP contribution >= 0.6 is 0 Å². The van der Waals surface area contributed by atoms with Crippen LogP contribution in [0.1, 0.15) is 49.5 Å². The number of rotatable bonds is 2. The first kappa shape index (κ1) is 27.5. The summed E-state index contributed by atoms with van der Waals surface area (Å²) < 4.78 is 7.36. The molecule has 0 atom stereocenters. The third-order valence-corrected chi connectivity index (χ3v) is 4.48. The SMILES string of the molecule is Cc1cccc2ccnn12.[CH2-]NC1=[C-]CN(C(=O)c2nnc(C(C)(C)C)o2)CC1.[CH3-].[K+]. The third kappa shape index (κ3) is 6.98. The molecule has 0 spiro atoms. The molecule has 1 aliphatic rings. The van der Waals surface area contributed by atoms with Crippen LogP contribution in [0, 0.1) is 27.5 Å². The second kappa shape index (κ2) is 11.9. The first-order chi connectivity index (χ1) is 13.8. The molecule has 4 heterocycles. The van der Waals surface area contributed by atoms with Gasteiger partial charge in [0, 0.05) is 23.9 Å². The monoisotopic (exact) mass is 448 g/mol. The average Bonchev–Trinajstić information content (AvgIpc) is 3.38. The Balaban J connectivity index is 0.000000340. The smallest absolute Gasteiger partial charge is 0.570 e. The molecule has 1 aliphatic heterocycles. The van der Waals surface area contributed by atoms with Crippen molar-refractivity contribution >= 4 is 11.4 Å². The average molecular weight is 449 g/mol. The molecule has 0 aliphatic carbocycles. The van der Waals surface area contributed by atoms with Gasteiger partial charge in [0.15, 0.2) is 0 Å². The summed E-state index contributed by atoms with van der Waals surface area (Å²) in [6.45, 7) is 8.91. The van der Waals surface area contributed by atoms with Crippen LogP contribution in [0.3, 0.4) is 0 Å². The van der Waals surface area contributed by atoms with Crippen molar-refractivity contribution in [2.75, 3.05) is 13.1 Å². The number of nitrogens with one attached hydrogen (secondary N) is 1. The van der Waals surface area contributed by atoms with Gasteiger partial charge < -0.3 is 28.1 Å². The van der Waals surface area contributed by atoms with Gasteiger partial charge in [-0.15, -0.1) is 16.7 Å². The molecule has 0 saturated heterocycles. The van der Waals surface area contributed by atoms with Crippen LogP contribution in [0.15, 0.2) is 40.6 Å². The Morgan fingerprint density at radius 2 is 2.00 bits per heavy atom. The summed E-state index contributed by atoms with van der Waals surface area (Å²) in [7, 11) is 3.57. The van der Waals surface area contributed by atoms with E-state index in [2.05, 4.69) is 33.7 Å². The topological polar surface area (TPSA) is 88.6 Å². The molecule has 162 valence electrons. The number of carbonyl (C=O) groups is 1. The van der Waals surface area contributed by atoms with E-state index < -0.39 is 0 Å². The Morgan fingerprint density at radius 3 is 2.55 bits per heavy atom. The molecule has 0 fully saturated rings. The molecule has 4 rings (SSSR count). The van der Waals surface area contributed by atoms with Crippen molar-refractivity contribution in [2.45, 2.75) is 39.5 Å². The summed E-state index contributed by atoms with van der Waals surface area (Å²) in [6.07, 6.45) is 5.58. The molecule has 9 heteroatoms. The van der Waals surface area contributed by atoms with E-state index in [1.165, 1.54) is 5.69 Å². The van der Waals surface area contributed by atoms with E-state index in [0.29, 0.717) is 25.4 Å². The van der Waals surface area contributed by atoms with Gasteiger partial charge in [-0.2, -0.15) is 5.10 Å². The fourth-order valence-electron chi connectivity index (χ4n) is 2.77. The number of aryl methyl sites for hydroxylation is 1. The van der Waals surface area contributed by atoms with E-state index in [1.54, 1.807) is 4.90 Å². The van der Waals surface area contributed by atoms with Crippen molar-refractivity contribution in [1.29, 1.82) is 0 Å². The Kier molecular flexibility index (Phi) is 10.6. The summed E-state index contributed by atoms with van der Waals surface area (Å²) in [5.74, 6) is 0.254. The van der Waals surface area contributed by atoms with Crippen LogP contribution < -0.4 is 56.7 Å². The van der Waals surface area contributed by atoms with Gasteiger partial charge in [-0.25, -0.2) is 10.2 Å². The summed E-state index contributed by atoms with van der Waals surface area (Å²) >= 11 is 0. The number of hydrogen-bond acceptors (Lipinski definition) is 6. The van der Waals surface area contributed by atoms with E-state index in [4.69, 9.17) is 4.42 Å². The first-order valence-electron chi connectivity index (χ1n) is 9.45. The van der Waals surface area contributed by atoms with Crippen LogP contribution in [0.4, 0.5) is 0 Å². The van der Waals surface area contributed by atoms with Crippen LogP contribution in [0.2, 0.25) is 0 Å². The second-order valence-corrected chi connectivity index (χ2v) is 7.81. The molecule has 0 unspecified atom stereocenters. The standard InChI is InChI=1S/C13H18N4O2.C8H8N2.CH3.K/c1-13(2,3)12-16-15-10(19-12)11(18)17-7-5-9(14-4)6-8-17;1-7-3-2-4-8-5-6-9-10(7)8;;/h14H,4-5,7-8H2,1-3H3;2-6H,1H3;1H3;/q-2;;-1;+1. The number of pyridine rings is 1. The molecule has 1 amide bonds. The fraction of sp³-hybridized carbons (Fsp3) is 0.364. The minimum Gasteiger partial charge on any atom is -0.570 e.